The summed E-state index contributed by atoms with van der Waals surface area (Å²) in [6.07, 6.45) is 1.77. The van der Waals surface area contributed by atoms with Crippen molar-refractivity contribution in [1.82, 2.24) is 0 Å². The predicted octanol–water partition coefficient (Wildman–Crippen LogP) is 2.87. The van der Waals surface area contributed by atoms with Gasteiger partial charge in [-0.05, 0) is 37.3 Å². The number of aryl methyl sites for hydroxylation is 1. The van der Waals surface area contributed by atoms with Crippen LogP contribution in [-0.4, -0.2) is 24.3 Å². The molecule has 0 saturated heterocycles. The maximum absolute atomic E-state index is 13.9. The van der Waals surface area contributed by atoms with Gasteiger partial charge in [0, 0.05) is 5.92 Å². The topological polar surface area (TPSA) is 43.4 Å². The van der Waals surface area contributed by atoms with E-state index in [1.165, 1.54) is 6.92 Å². The molecule has 0 fully saturated rings. The molecule has 1 atom stereocenters. The molecule has 0 heterocycles. The van der Waals surface area contributed by atoms with Crippen LogP contribution in [0.15, 0.2) is 24.3 Å². The number of hydrogen-bond donors (Lipinski definition) is 0. The molecule has 2 rings (SSSR count). The van der Waals surface area contributed by atoms with Gasteiger partial charge in [-0.15, -0.1) is 0 Å². The number of fused-ring (bicyclic) bond motifs is 1. The highest BCUT2D eigenvalue weighted by Crippen LogP contribution is 2.36. The molecule has 0 saturated carbocycles. The van der Waals surface area contributed by atoms with Gasteiger partial charge in [-0.3, -0.25) is 4.79 Å². The molecular weight excluding hydrogens is 266 g/mol. The fourth-order valence-electron chi connectivity index (χ4n) is 2.57. The SMILES string of the molecule is CCOC(=O)C(F)(F)C(=O)C1CCCc2ccccc21. The van der Waals surface area contributed by atoms with Crippen molar-refractivity contribution in [2.75, 3.05) is 6.61 Å². The molecule has 20 heavy (non-hydrogen) atoms. The average Bonchev–Trinajstić information content (AvgIpc) is 2.46. The molecule has 0 bridgehead atoms. The Morgan fingerprint density at radius 1 is 1.35 bits per heavy atom. The number of Topliss-reactive ketones (excluding diaryl/α,β-unsaturated/α-hetero) is 1. The van der Waals surface area contributed by atoms with Crippen molar-refractivity contribution in [3.05, 3.63) is 35.4 Å². The summed E-state index contributed by atoms with van der Waals surface area (Å²) >= 11 is 0. The smallest absolute Gasteiger partial charge is 0.400 e. The lowest BCUT2D eigenvalue weighted by atomic mass is 9.79. The maximum Gasteiger partial charge on any atom is 0.400 e. The van der Waals surface area contributed by atoms with Gasteiger partial charge < -0.3 is 4.74 Å². The Labute approximate surface area is 115 Å². The van der Waals surface area contributed by atoms with Gasteiger partial charge in [0.05, 0.1) is 6.61 Å². The number of carbonyl (C=O) groups excluding carboxylic acids is 2. The summed E-state index contributed by atoms with van der Waals surface area (Å²) in [5.74, 6) is -8.12. The zero-order valence-corrected chi connectivity index (χ0v) is 11.2. The second-order valence-electron chi connectivity index (χ2n) is 4.80. The van der Waals surface area contributed by atoms with Crippen molar-refractivity contribution in [2.45, 2.75) is 38.0 Å². The van der Waals surface area contributed by atoms with E-state index in [9.17, 15) is 18.4 Å². The molecule has 0 spiro atoms. The summed E-state index contributed by atoms with van der Waals surface area (Å²) in [5, 5.41) is 0. The first kappa shape index (κ1) is 14.6. The Balaban J connectivity index is 2.28. The number of benzene rings is 1. The lowest BCUT2D eigenvalue weighted by Gasteiger charge is -2.26. The standard InChI is InChI=1S/C15H16F2O3/c1-2-20-14(19)15(16,17)13(18)12-9-5-7-10-6-3-4-8-11(10)12/h3-4,6,8,12H,2,5,7,9H2,1H3. The van der Waals surface area contributed by atoms with E-state index in [2.05, 4.69) is 4.74 Å². The minimum atomic E-state index is -4.08. The number of rotatable bonds is 4. The van der Waals surface area contributed by atoms with E-state index in [0.717, 1.165) is 12.0 Å². The Morgan fingerprint density at radius 3 is 2.75 bits per heavy atom. The van der Waals surface area contributed by atoms with E-state index in [0.29, 0.717) is 18.4 Å². The number of hydrogen-bond acceptors (Lipinski definition) is 3. The summed E-state index contributed by atoms with van der Waals surface area (Å²) in [7, 11) is 0. The van der Waals surface area contributed by atoms with E-state index in [1.54, 1.807) is 12.1 Å². The summed E-state index contributed by atoms with van der Waals surface area (Å²) < 4.78 is 32.0. The third kappa shape index (κ3) is 2.57. The lowest BCUT2D eigenvalue weighted by molar-refractivity contribution is -0.177. The minimum Gasteiger partial charge on any atom is -0.461 e. The molecule has 108 valence electrons. The normalized spacial score (nSPS) is 18.2. The molecule has 1 aromatic carbocycles. The van der Waals surface area contributed by atoms with Gasteiger partial charge in [-0.1, -0.05) is 24.3 Å². The average molecular weight is 282 g/mol. The summed E-state index contributed by atoms with van der Waals surface area (Å²) in [6, 6.07) is 7.04. The number of ether oxygens (including phenoxy) is 1. The van der Waals surface area contributed by atoms with Crippen molar-refractivity contribution in [2.24, 2.45) is 0 Å². The van der Waals surface area contributed by atoms with Crippen LogP contribution in [0.25, 0.3) is 0 Å². The molecule has 1 unspecified atom stereocenters. The van der Waals surface area contributed by atoms with E-state index >= 15 is 0 Å². The number of alkyl halides is 2. The van der Waals surface area contributed by atoms with Crippen molar-refractivity contribution in [3.8, 4) is 0 Å². The highest BCUT2D eigenvalue weighted by atomic mass is 19.3. The molecule has 5 heteroatoms. The molecule has 0 amide bonds. The summed E-state index contributed by atoms with van der Waals surface area (Å²) in [4.78, 5) is 23.3. The van der Waals surface area contributed by atoms with Crippen molar-refractivity contribution < 1.29 is 23.1 Å². The van der Waals surface area contributed by atoms with Gasteiger partial charge >= 0.3 is 11.9 Å². The van der Waals surface area contributed by atoms with Gasteiger partial charge in [-0.2, -0.15) is 8.78 Å². The predicted molar refractivity (Wildman–Crippen MR) is 68.7 cm³/mol. The molecule has 0 N–H and O–H groups in total. The summed E-state index contributed by atoms with van der Waals surface area (Å²) in [5.41, 5.74) is 1.50. The Kier molecular flexibility index (Phi) is 4.16. The molecule has 1 aliphatic carbocycles. The first-order chi connectivity index (χ1) is 9.48. The Bertz CT molecular complexity index is 526. The van der Waals surface area contributed by atoms with Crippen LogP contribution in [0.4, 0.5) is 8.78 Å². The minimum absolute atomic E-state index is 0.178. The molecule has 0 aromatic heterocycles. The quantitative estimate of drug-likeness (QED) is 0.630. The number of ketones is 1. The third-order valence-corrected chi connectivity index (χ3v) is 3.53. The largest absolute Gasteiger partial charge is 0.461 e. The summed E-state index contributed by atoms with van der Waals surface area (Å²) in [6.45, 7) is 1.25. The van der Waals surface area contributed by atoms with E-state index < -0.39 is 23.6 Å². The Morgan fingerprint density at radius 2 is 2.05 bits per heavy atom. The van der Waals surface area contributed by atoms with Crippen LogP contribution >= 0.6 is 0 Å². The number of esters is 1. The van der Waals surface area contributed by atoms with Crippen LogP contribution < -0.4 is 0 Å². The van der Waals surface area contributed by atoms with Crippen LogP contribution in [0.3, 0.4) is 0 Å². The second-order valence-corrected chi connectivity index (χ2v) is 4.80. The van der Waals surface area contributed by atoms with Gasteiger partial charge in [0.15, 0.2) is 0 Å². The molecule has 1 aromatic rings. The van der Waals surface area contributed by atoms with Crippen molar-refractivity contribution >= 4 is 11.8 Å². The fraction of sp³-hybridized carbons (Fsp3) is 0.467. The Hall–Kier alpha value is -1.78. The van der Waals surface area contributed by atoms with Gasteiger partial charge in [0.2, 0.25) is 5.78 Å². The van der Waals surface area contributed by atoms with Gasteiger partial charge in [0.1, 0.15) is 0 Å². The van der Waals surface area contributed by atoms with Crippen LogP contribution in [0.5, 0.6) is 0 Å². The van der Waals surface area contributed by atoms with Gasteiger partial charge in [0.25, 0.3) is 0 Å². The van der Waals surface area contributed by atoms with Crippen molar-refractivity contribution in [3.63, 3.8) is 0 Å². The first-order valence-corrected chi connectivity index (χ1v) is 6.65. The number of carbonyl (C=O) groups is 2. The van der Waals surface area contributed by atoms with Gasteiger partial charge in [-0.25, -0.2) is 4.79 Å². The lowest BCUT2D eigenvalue weighted by Crippen LogP contribution is -2.43. The molecule has 0 aliphatic heterocycles. The highest BCUT2D eigenvalue weighted by molar-refractivity contribution is 6.08. The maximum atomic E-state index is 13.9. The van der Waals surface area contributed by atoms with Crippen LogP contribution in [0, 0.1) is 0 Å². The zero-order valence-electron chi connectivity index (χ0n) is 11.2. The highest BCUT2D eigenvalue weighted by Gasteiger charge is 2.52. The zero-order chi connectivity index (χ0) is 14.8. The molecule has 1 aliphatic rings. The van der Waals surface area contributed by atoms with Crippen molar-refractivity contribution in [1.29, 1.82) is 0 Å². The van der Waals surface area contributed by atoms with E-state index in [4.69, 9.17) is 0 Å². The molecule has 0 radical (unpaired) electrons. The monoisotopic (exact) mass is 282 g/mol. The third-order valence-electron chi connectivity index (χ3n) is 3.53. The van der Waals surface area contributed by atoms with Crippen LogP contribution in [-0.2, 0) is 20.7 Å². The molecule has 3 nitrogen and oxygen atoms in total. The fourth-order valence-corrected chi connectivity index (χ4v) is 2.57. The number of halogens is 2. The van der Waals surface area contributed by atoms with Crippen LogP contribution in [0.2, 0.25) is 0 Å². The second kappa shape index (κ2) is 5.69. The van der Waals surface area contributed by atoms with Crippen LogP contribution in [0.1, 0.15) is 36.8 Å². The molecular formula is C15H16F2O3. The van der Waals surface area contributed by atoms with E-state index in [-0.39, 0.29) is 6.61 Å². The van der Waals surface area contributed by atoms with E-state index in [1.807, 2.05) is 12.1 Å². The first-order valence-electron chi connectivity index (χ1n) is 6.65.